The Kier molecular flexibility index (Phi) is 4.85. The van der Waals surface area contributed by atoms with Crippen LogP contribution < -0.4 is 10.1 Å². The fourth-order valence-electron chi connectivity index (χ4n) is 4.61. The normalized spacial score (nSPS) is 21.4. The molecule has 2 aliphatic carbocycles. The van der Waals surface area contributed by atoms with Crippen molar-refractivity contribution in [1.29, 1.82) is 0 Å². The van der Waals surface area contributed by atoms with Crippen molar-refractivity contribution in [2.75, 3.05) is 12.4 Å². The fraction of sp³-hybridized carbons (Fsp3) is 0.280. The Hall–Kier alpha value is -3.41. The zero-order valence-corrected chi connectivity index (χ0v) is 17.1. The van der Waals surface area contributed by atoms with Gasteiger partial charge < -0.3 is 15.2 Å². The number of carboxylic acids is 1. The number of halogens is 1. The molecule has 1 aromatic heterocycles. The molecule has 0 bridgehead atoms. The van der Waals surface area contributed by atoms with Gasteiger partial charge in [-0.3, -0.25) is 9.78 Å². The molecular weight excluding hydrogens is 395 g/mol. The van der Waals surface area contributed by atoms with E-state index in [1.54, 1.807) is 12.3 Å². The van der Waals surface area contributed by atoms with Gasteiger partial charge >= 0.3 is 5.97 Å². The molecule has 1 fully saturated rings. The molecule has 1 saturated carbocycles. The molecule has 0 amide bonds. The van der Waals surface area contributed by atoms with Gasteiger partial charge in [0.15, 0.2) is 11.6 Å². The number of anilines is 1. The van der Waals surface area contributed by atoms with E-state index in [1.807, 2.05) is 30.3 Å². The number of pyridine rings is 1. The van der Waals surface area contributed by atoms with Crippen molar-refractivity contribution in [3.8, 4) is 16.9 Å². The second kappa shape index (κ2) is 7.69. The highest BCUT2D eigenvalue weighted by Gasteiger charge is 2.45. The Balaban J connectivity index is 1.35. The summed E-state index contributed by atoms with van der Waals surface area (Å²) in [5.74, 6) is -1.13. The minimum atomic E-state index is -0.746. The lowest BCUT2D eigenvalue weighted by molar-refractivity contribution is -0.138. The average molecular weight is 418 g/mol. The summed E-state index contributed by atoms with van der Waals surface area (Å²) >= 11 is 0. The van der Waals surface area contributed by atoms with E-state index in [9.17, 15) is 9.18 Å². The number of rotatable bonds is 6. The molecule has 2 aromatic carbocycles. The summed E-state index contributed by atoms with van der Waals surface area (Å²) in [6, 6.07) is 15.3. The number of methoxy groups -OCH3 is 1. The van der Waals surface area contributed by atoms with Crippen molar-refractivity contribution in [2.24, 2.45) is 5.92 Å². The van der Waals surface area contributed by atoms with Crippen LogP contribution in [0.25, 0.3) is 11.1 Å². The van der Waals surface area contributed by atoms with Crippen LogP contribution in [0.3, 0.4) is 0 Å². The van der Waals surface area contributed by atoms with Crippen LogP contribution in [0.4, 0.5) is 10.1 Å². The molecule has 2 aliphatic rings. The molecule has 5 rings (SSSR count). The van der Waals surface area contributed by atoms with Crippen molar-refractivity contribution in [3.05, 3.63) is 77.4 Å². The first-order valence-corrected chi connectivity index (χ1v) is 10.5. The first-order chi connectivity index (χ1) is 15.0. The zero-order chi connectivity index (χ0) is 21.5. The highest BCUT2D eigenvalue weighted by molar-refractivity contribution is 5.75. The summed E-state index contributed by atoms with van der Waals surface area (Å²) in [7, 11) is 1.46. The van der Waals surface area contributed by atoms with Gasteiger partial charge in [-0.05, 0) is 65.8 Å². The number of hydrogen-bond acceptors (Lipinski definition) is 4. The number of benzene rings is 2. The molecule has 0 spiro atoms. The van der Waals surface area contributed by atoms with E-state index < -0.39 is 5.97 Å². The number of nitrogens with zero attached hydrogens (tertiary/aromatic N) is 1. The third kappa shape index (κ3) is 3.63. The van der Waals surface area contributed by atoms with Crippen LogP contribution in [0.5, 0.6) is 5.75 Å². The van der Waals surface area contributed by atoms with Crippen molar-refractivity contribution >= 4 is 11.7 Å². The number of aliphatic carboxylic acids is 1. The van der Waals surface area contributed by atoms with E-state index in [2.05, 4.69) is 16.4 Å². The van der Waals surface area contributed by atoms with Crippen molar-refractivity contribution in [2.45, 2.75) is 31.2 Å². The van der Waals surface area contributed by atoms with Gasteiger partial charge in [-0.15, -0.1) is 0 Å². The minimum Gasteiger partial charge on any atom is -0.494 e. The molecule has 6 heteroatoms. The molecule has 3 atom stereocenters. The lowest BCUT2D eigenvalue weighted by Gasteiger charge is -2.17. The smallest absolute Gasteiger partial charge is 0.307 e. The molecule has 3 aromatic rings. The number of ether oxygens (including phenoxy) is 1. The number of hydrogen-bond donors (Lipinski definition) is 2. The molecular formula is C25H23FN2O3. The number of carbonyl (C=O) groups is 1. The number of aromatic nitrogens is 1. The molecule has 0 aliphatic heterocycles. The average Bonchev–Trinajstić information content (AvgIpc) is 3.49. The largest absolute Gasteiger partial charge is 0.494 e. The van der Waals surface area contributed by atoms with Crippen LogP contribution in [0.2, 0.25) is 0 Å². The van der Waals surface area contributed by atoms with E-state index in [-0.39, 0.29) is 29.4 Å². The van der Waals surface area contributed by atoms with Crippen molar-refractivity contribution < 1.29 is 19.0 Å². The summed E-state index contributed by atoms with van der Waals surface area (Å²) < 4.78 is 19.3. The van der Waals surface area contributed by atoms with E-state index in [0.29, 0.717) is 6.42 Å². The first-order valence-electron chi connectivity index (χ1n) is 10.5. The predicted molar refractivity (Wildman–Crippen MR) is 116 cm³/mol. The van der Waals surface area contributed by atoms with Crippen LogP contribution in [0, 0.1) is 11.7 Å². The number of nitrogens with one attached hydrogen (secondary N) is 1. The second-order valence-corrected chi connectivity index (χ2v) is 8.22. The van der Waals surface area contributed by atoms with Gasteiger partial charge in [-0.2, -0.15) is 0 Å². The van der Waals surface area contributed by atoms with Gasteiger partial charge in [0.25, 0.3) is 0 Å². The number of carboxylic acid groups (broad SMARTS) is 1. The maximum Gasteiger partial charge on any atom is 0.307 e. The molecule has 0 saturated heterocycles. The quantitative estimate of drug-likeness (QED) is 0.577. The van der Waals surface area contributed by atoms with Gasteiger partial charge in [0.05, 0.1) is 31.0 Å². The van der Waals surface area contributed by atoms with Crippen LogP contribution in [0.15, 0.2) is 54.7 Å². The van der Waals surface area contributed by atoms with Crippen LogP contribution in [-0.4, -0.2) is 23.2 Å². The van der Waals surface area contributed by atoms with Crippen molar-refractivity contribution in [1.82, 2.24) is 4.98 Å². The van der Waals surface area contributed by atoms with Gasteiger partial charge in [0, 0.05) is 11.6 Å². The topological polar surface area (TPSA) is 71.5 Å². The molecule has 2 N–H and O–H groups in total. The van der Waals surface area contributed by atoms with Gasteiger partial charge in [-0.25, -0.2) is 4.39 Å². The Bertz CT molecular complexity index is 1150. The standard InChI is InChI=1S/C25H23FN2O3/c1-31-24-10-5-14(11-21(24)26)16-3-2-4-18-17(16)7-9-23(18)28-15-6-8-22(27-13-15)19-12-20(19)25(29)30/h2-6,8,10-11,13,19-20,23,28H,7,9,12H2,1H3,(H,29,30)/t19-,20-,23+/m0/s1. The molecule has 158 valence electrons. The van der Waals surface area contributed by atoms with Gasteiger partial charge in [0.1, 0.15) is 0 Å². The third-order valence-electron chi connectivity index (χ3n) is 6.35. The highest BCUT2D eigenvalue weighted by atomic mass is 19.1. The third-order valence-corrected chi connectivity index (χ3v) is 6.35. The summed E-state index contributed by atoms with van der Waals surface area (Å²) in [6.07, 6.45) is 4.30. The fourth-order valence-corrected chi connectivity index (χ4v) is 4.61. The summed E-state index contributed by atoms with van der Waals surface area (Å²) in [4.78, 5) is 15.6. The highest BCUT2D eigenvalue weighted by Crippen LogP contribution is 2.47. The SMILES string of the molecule is COc1ccc(-c2cccc3c2CC[C@H]3Nc2ccc([C@H]3C[C@@H]3C(=O)O)nc2)cc1F. The summed E-state index contributed by atoms with van der Waals surface area (Å²) in [5.41, 5.74) is 6.09. The van der Waals surface area contributed by atoms with E-state index in [0.717, 1.165) is 35.3 Å². The maximum atomic E-state index is 14.2. The Morgan fingerprint density at radius 3 is 2.77 bits per heavy atom. The Morgan fingerprint density at radius 2 is 2.10 bits per heavy atom. The minimum absolute atomic E-state index is 0.0335. The lowest BCUT2D eigenvalue weighted by atomic mass is 9.96. The van der Waals surface area contributed by atoms with Crippen LogP contribution in [0.1, 0.15) is 41.6 Å². The van der Waals surface area contributed by atoms with Crippen molar-refractivity contribution in [3.63, 3.8) is 0 Å². The molecule has 0 unspecified atom stereocenters. The molecule has 31 heavy (non-hydrogen) atoms. The number of fused-ring (bicyclic) bond motifs is 1. The summed E-state index contributed by atoms with van der Waals surface area (Å²) in [5, 5.41) is 12.7. The van der Waals surface area contributed by atoms with Crippen LogP contribution in [-0.2, 0) is 11.2 Å². The molecule has 5 nitrogen and oxygen atoms in total. The van der Waals surface area contributed by atoms with Gasteiger partial charge in [-0.1, -0.05) is 24.3 Å². The summed E-state index contributed by atoms with van der Waals surface area (Å²) in [6.45, 7) is 0. The first kappa shape index (κ1) is 19.5. The Labute approximate surface area is 179 Å². The Morgan fingerprint density at radius 1 is 1.23 bits per heavy atom. The molecule has 1 heterocycles. The predicted octanol–water partition coefficient (Wildman–Crippen LogP) is 5.18. The van der Waals surface area contributed by atoms with E-state index in [4.69, 9.17) is 9.84 Å². The zero-order valence-electron chi connectivity index (χ0n) is 17.1. The lowest BCUT2D eigenvalue weighted by Crippen LogP contribution is -2.07. The second-order valence-electron chi connectivity index (χ2n) is 8.22. The van der Waals surface area contributed by atoms with E-state index in [1.165, 1.54) is 24.3 Å². The monoisotopic (exact) mass is 418 g/mol. The molecule has 0 radical (unpaired) electrons. The van der Waals surface area contributed by atoms with Gasteiger partial charge in [0.2, 0.25) is 0 Å². The maximum absolute atomic E-state index is 14.2. The van der Waals surface area contributed by atoms with E-state index >= 15 is 0 Å². The van der Waals surface area contributed by atoms with Crippen LogP contribution >= 0.6 is 0 Å².